The zero-order chi connectivity index (χ0) is 12.1. The molecule has 0 aliphatic heterocycles. The first kappa shape index (κ1) is 11.8. The van der Waals surface area contributed by atoms with E-state index in [-0.39, 0.29) is 5.75 Å². The smallest absolute Gasteiger partial charge is 0.124 e. The van der Waals surface area contributed by atoms with Crippen LogP contribution in [0.5, 0.6) is 11.5 Å². The number of alkyl halides is 1. The topological polar surface area (TPSA) is 29.5 Å². The van der Waals surface area contributed by atoms with Crippen molar-refractivity contribution in [3.8, 4) is 11.5 Å². The average Bonchev–Trinajstić information content (AvgIpc) is 2.38. The molecule has 88 valence electrons. The lowest BCUT2D eigenvalue weighted by Gasteiger charge is -2.10. The van der Waals surface area contributed by atoms with Gasteiger partial charge < -0.3 is 9.84 Å². The second-order valence-electron chi connectivity index (χ2n) is 3.70. The van der Waals surface area contributed by atoms with Crippen molar-refractivity contribution in [3.05, 3.63) is 59.7 Å². The molecular formula is C14H13ClO2. The number of ether oxygens (including phenoxy) is 1. The summed E-state index contributed by atoms with van der Waals surface area (Å²) in [5, 5.41) is 9.34. The third-order valence-electron chi connectivity index (χ3n) is 2.43. The van der Waals surface area contributed by atoms with Crippen LogP contribution in [0.2, 0.25) is 0 Å². The van der Waals surface area contributed by atoms with E-state index in [1.165, 1.54) is 0 Å². The lowest BCUT2D eigenvalue weighted by Crippen LogP contribution is -1.97. The summed E-state index contributed by atoms with van der Waals surface area (Å²) in [7, 11) is 0. The Bertz CT molecular complexity index is 483. The van der Waals surface area contributed by atoms with Crippen molar-refractivity contribution in [2.75, 3.05) is 0 Å². The minimum atomic E-state index is 0.202. The zero-order valence-electron chi connectivity index (χ0n) is 9.27. The van der Waals surface area contributed by atoms with Crippen molar-refractivity contribution in [1.82, 2.24) is 0 Å². The van der Waals surface area contributed by atoms with Crippen molar-refractivity contribution in [2.45, 2.75) is 12.5 Å². The van der Waals surface area contributed by atoms with Crippen LogP contribution in [0.15, 0.2) is 48.5 Å². The van der Waals surface area contributed by atoms with E-state index < -0.39 is 0 Å². The summed E-state index contributed by atoms with van der Waals surface area (Å²) >= 11 is 5.79. The SMILES string of the molecule is Oc1ccc(OCc2ccccc2)c(CCl)c1. The molecule has 0 heterocycles. The van der Waals surface area contributed by atoms with Crippen LogP contribution in [-0.4, -0.2) is 5.11 Å². The summed E-state index contributed by atoms with van der Waals surface area (Å²) in [5.74, 6) is 1.23. The second-order valence-corrected chi connectivity index (χ2v) is 3.97. The maximum Gasteiger partial charge on any atom is 0.124 e. The number of phenolic OH excluding ortho intramolecular Hbond substituents is 1. The fraction of sp³-hybridized carbons (Fsp3) is 0.143. The van der Waals surface area contributed by atoms with E-state index in [0.29, 0.717) is 18.2 Å². The highest BCUT2D eigenvalue weighted by Gasteiger charge is 2.04. The molecule has 0 amide bonds. The van der Waals surface area contributed by atoms with Gasteiger partial charge >= 0.3 is 0 Å². The van der Waals surface area contributed by atoms with E-state index in [0.717, 1.165) is 11.1 Å². The fourth-order valence-corrected chi connectivity index (χ4v) is 1.76. The molecule has 0 bridgehead atoms. The van der Waals surface area contributed by atoms with E-state index in [2.05, 4.69) is 0 Å². The number of hydrogen-bond donors (Lipinski definition) is 1. The first-order valence-electron chi connectivity index (χ1n) is 5.34. The minimum Gasteiger partial charge on any atom is -0.508 e. The molecule has 0 fully saturated rings. The quantitative estimate of drug-likeness (QED) is 0.836. The van der Waals surface area contributed by atoms with Crippen molar-refractivity contribution >= 4 is 11.6 Å². The summed E-state index contributed by atoms with van der Waals surface area (Å²) in [5.41, 5.74) is 1.89. The van der Waals surface area contributed by atoms with Gasteiger partial charge in [-0.3, -0.25) is 0 Å². The molecule has 2 rings (SSSR count). The molecule has 0 aliphatic rings. The Morgan fingerprint density at radius 2 is 1.82 bits per heavy atom. The lowest BCUT2D eigenvalue weighted by molar-refractivity contribution is 0.303. The predicted octanol–water partition coefficient (Wildman–Crippen LogP) is 3.71. The summed E-state index contributed by atoms with van der Waals surface area (Å²) in [6.07, 6.45) is 0. The van der Waals surface area contributed by atoms with Crippen LogP contribution >= 0.6 is 11.6 Å². The summed E-state index contributed by atoms with van der Waals surface area (Å²) < 4.78 is 5.67. The largest absolute Gasteiger partial charge is 0.508 e. The van der Waals surface area contributed by atoms with Crippen molar-refractivity contribution in [1.29, 1.82) is 0 Å². The molecule has 0 atom stereocenters. The van der Waals surface area contributed by atoms with Gasteiger partial charge in [-0.25, -0.2) is 0 Å². The van der Waals surface area contributed by atoms with Crippen LogP contribution in [0.4, 0.5) is 0 Å². The van der Waals surface area contributed by atoms with Gasteiger partial charge in [-0.1, -0.05) is 30.3 Å². The van der Waals surface area contributed by atoms with Gasteiger partial charge in [0.15, 0.2) is 0 Å². The Hall–Kier alpha value is -1.67. The number of aromatic hydroxyl groups is 1. The molecule has 0 unspecified atom stereocenters. The van der Waals surface area contributed by atoms with Gasteiger partial charge in [0.1, 0.15) is 18.1 Å². The van der Waals surface area contributed by atoms with E-state index in [4.69, 9.17) is 16.3 Å². The van der Waals surface area contributed by atoms with Crippen LogP contribution < -0.4 is 4.74 Å². The molecule has 17 heavy (non-hydrogen) atoms. The third kappa shape index (κ3) is 3.14. The van der Waals surface area contributed by atoms with Gasteiger partial charge in [-0.05, 0) is 23.8 Å². The molecule has 0 aliphatic carbocycles. The standard InChI is InChI=1S/C14H13ClO2/c15-9-12-8-13(16)6-7-14(12)17-10-11-4-2-1-3-5-11/h1-8,16H,9-10H2. The molecule has 1 N–H and O–H groups in total. The van der Waals surface area contributed by atoms with Crippen LogP contribution in [-0.2, 0) is 12.5 Å². The van der Waals surface area contributed by atoms with Crippen molar-refractivity contribution in [2.24, 2.45) is 0 Å². The van der Waals surface area contributed by atoms with Crippen molar-refractivity contribution < 1.29 is 9.84 Å². The molecular weight excluding hydrogens is 236 g/mol. The highest BCUT2D eigenvalue weighted by Crippen LogP contribution is 2.25. The predicted molar refractivity (Wildman–Crippen MR) is 68.4 cm³/mol. The van der Waals surface area contributed by atoms with Gasteiger partial charge in [-0.2, -0.15) is 0 Å². The van der Waals surface area contributed by atoms with Crippen LogP contribution in [0, 0.1) is 0 Å². The number of benzene rings is 2. The van der Waals surface area contributed by atoms with E-state index in [1.54, 1.807) is 18.2 Å². The van der Waals surface area contributed by atoms with Gasteiger partial charge in [0.25, 0.3) is 0 Å². The fourth-order valence-electron chi connectivity index (χ4n) is 1.55. The van der Waals surface area contributed by atoms with Gasteiger partial charge in [-0.15, -0.1) is 11.6 Å². The number of hydrogen-bond acceptors (Lipinski definition) is 2. The average molecular weight is 249 g/mol. The van der Waals surface area contributed by atoms with E-state index in [1.807, 2.05) is 30.3 Å². The molecule has 2 nitrogen and oxygen atoms in total. The zero-order valence-corrected chi connectivity index (χ0v) is 10.0. The Morgan fingerprint density at radius 3 is 2.53 bits per heavy atom. The van der Waals surface area contributed by atoms with Crippen LogP contribution in [0.25, 0.3) is 0 Å². The minimum absolute atomic E-state index is 0.202. The maximum absolute atomic E-state index is 9.34. The molecule has 0 saturated carbocycles. The van der Waals surface area contributed by atoms with E-state index >= 15 is 0 Å². The molecule has 3 heteroatoms. The van der Waals surface area contributed by atoms with Gasteiger partial charge in [0.05, 0.1) is 5.88 Å². The Labute approximate surface area is 105 Å². The van der Waals surface area contributed by atoms with Crippen LogP contribution in [0.1, 0.15) is 11.1 Å². The molecule has 0 radical (unpaired) electrons. The Balaban J connectivity index is 2.09. The molecule has 2 aromatic carbocycles. The first-order chi connectivity index (χ1) is 8.29. The monoisotopic (exact) mass is 248 g/mol. The maximum atomic E-state index is 9.34. The Kier molecular flexibility index (Phi) is 3.89. The molecule has 0 saturated heterocycles. The summed E-state index contributed by atoms with van der Waals surface area (Å²) in [6, 6.07) is 14.9. The molecule has 0 aromatic heterocycles. The molecule has 2 aromatic rings. The number of phenols is 1. The van der Waals surface area contributed by atoms with E-state index in [9.17, 15) is 5.11 Å². The van der Waals surface area contributed by atoms with Gasteiger partial charge in [0.2, 0.25) is 0 Å². The third-order valence-corrected chi connectivity index (χ3v) is 2.71. The van der Waals surface area contributed by atoms with Gasteiger partial charge in [0, 0.05) is 5.56 Å². The Morgan fingerprint density at radius 1 is 1.06 bits per heavy atom. The summed E-state index contributed by atoms with van der Waals surface area (Å²) in [6.45, 7) is 0.496. The normalized spacial score (nSPS) is 10.2. The number of rotatable bonds is 4. The first-order valence-corrected chi connectivity index (χ1v) is 5.87. The lowest BCUT2D eigenvalue weighted by atomic mass is 10.2. The highest BCUT2D eigenvalue weighted by atomic mass is 35.5. The second kappa shape index (κ2) is 5.60. The number of halogens is 1. The molecule has 0 spiro atoms. The van der Waals surface area contributed by atoms with Crippen LogP contribution in [0.3, 0.4) is 0 Å². The summed E-state index contributed by atoms with van der Waals surface area (Å²) in [4.78, 5) is 0. The van der Waals surface area contributed by atoms with Crippen molar-refractivity contribution in [3.63, 3.8) is 0 Å². The highest BCUT2D eigenvalue weighted by molar-refractivity contribution is 6.17.